The quantitative estimate of drug-likeness (QED) is 0.854. The van der Waals surface area contributed by atoms with E-state index in [0.717, 1.165) is 4.47 Å². The Morgan fingerprint density at radius 1 is 1.62 bits per heavy atom. The topological polar surface area (TPSA) is 72.6 Å². The third-order valence-corrected chi connectivity index (χ3v) is 2.87. The lowest BCUT2D eigenvalue weighted by molar-refractivity contribution is -0.139. The second-order valence-electron chi connectivity index (χ2n) is 3.48. The predicted octanol–water partition coefficient (Wildman–Crippen LogP) is 1.16. The highest BCUT2D eigenvalue weighted by molar-refractivity contribution is 9.10. The Hall–Kier alpha value is -0.910. The van der Waals surface area contributed by atoms with Crippen LogP contribution in [0.2, 0.25) is 0 Å². The minimum Gasteiger partial charge on any atom is -0.385 e. The number of ether oxygens (including phenoxy) is 1. The maximum atomic E-state index is 11.3. The molecular formula is C11H14BrNO3. The number of carbonyl (C=O) groups is 1. The van der Waals surface area contributed by atoms with Gasteiger partial charge in [-0.05, 0) is 17.7 Å². The first-order valence-corrected chi connectivity index (χ1v) is 5.57. The van der Waals surface area contributed by atoms with Crippen LogP contribution in [-0.2, 0) is 15.1 Å². The van der Waals surface area contributed by atoms with E-state index in [0.29, 0.717) is 5.56 Å². The molecule has 4 nitrogen and oxygen atoms in total. The number of hydrogen-bond acceptors (Lipinski definition) is 3. The molecule has 0 bridgehead atoms. The number of carbonyl (C=O) groups excluding carboxylic acids is 1. The molecule has 1 aromatic carbocycles. The maximum Gasteiger partial charge on any atom is 0.254 e. The maximum absolute atomic E-state index is 11.3. The Balaban J connectivity index is 3.06. The average Bonchev–Trinajstić information content (AvgIpc) is 2.25. The molecule has 0 heterocycles. The molecule has 0 spiro atoms. The summed E-state index contributed by atoms with van der Waals surface area (Å²) in [6.07, 6.45) is 0.134. The van der Waals surface area contributed by atoms with Crippen LogP contribution in [0.25, 0.3) is 0 Å². The van der Waals surface area contributed by atoms with Gasteiger partial charge in [-0.3, -0.25) is 4.79 Å². The van der Waals surface area contributed by atoms with Gasteiger partial charge in [0.2, 0.25) is 0 Å². The lowest BCUT2D eigenvalue weighted by Gasteiger charge is -2.24. The summed E-state index contributed by atoms with van der Waals surface area (Å²) in [4.78, 5) is 11.3. The van der Waals surface area contributed by atoms with Gasteiger partial charge in [-0.15, -0.1) is 0 Å². The smallest absolute Gasteiger partial charge is 0.254 e. The fourth-order valence-corrected chi connectivity index (χ4v) is 1.80. The molecule has 0 aliphatic heterocycles. The van der Waals surface area contributed by atoms with Gasteiger partial charge in [0.25, 0.3) is 5.91 Å². The van der Waals surface area contributed by atoms with Gasteiger partial charge in [-0.2, -0.15) is 0 Å². The van der Waals surface area contributed by atoms with E-state index < -0.39 is 11.5 Å². The second kappa shape index (κ2) is 5.43. The van der Waals surface area contributed by atoms with Crippen molar-refractivity contribution < 1.29 is 14.6 Å². The van der Waals surface area contributed by atoms with E-state index in [1.807, 2.05) is 0 Å². The summed E-state index contributed by atoms with van der Waals surface area (Å²) in [6.45, 7) is 0.256. The monoisotopic (exact) mass is 287 g/mol. The molecule has 0 radical (unpaired) electrons. The molecule has 1 unspecified atom stereocenters. The van der Waals surface area contributed by atoms with Gasteiger partial charge in [-0.1, -0.05) is 28.1 Å². The summed E-state index contributed by atoms with van der Waals surface area (Å²) in [5.74, 6) is -0.775. The van der Waals surface area contributed by atoms with Crippen LogP contribution in [0.1, 0.15) is 12.0 Å². The van der Waals surface area contributed by atoms with Gasteiger partial charge in [-0.25, -0.2) is 0 Å². The van der Waals surface area contributed by atoms with Crippen LogP contribution < -0.4 is 5.73 Å². The number of benzene rings is 1. The largest absolute Gasteiger partial charge is 0.385 e. The lowest BCUT2D eigenvalue weighted by atomic mass is 9.90. The summed E-state index contributed by atoms with van der Waals surface area (Å²) < 4.78 is 5.64. The first-order valence-electron chi connectivity index (χ1n) is 4.78. The van der Waals surface area contributed by atoms with Crippen molar-refractivity contribution in [2.45, 2.75) is 12.0 Å². The van der Waals surface area contributed by atoms with Crippen LogP contribution in [0.4, 0.5) is 0 Å². The molecule has 16 heavy (non-hydrogen) atoms. The van der Waals surface area contributed by atoms with Gasteiger partial charge in [0.15, 0.2) is 5.60 Å². The number of aliphatic hydroxyl groups is 1. The number of methoxy groups -OCH3 is 1. The van der Waals surface area contributed by atoms with Gasteiger partial charge < -0.3 is 15.6 Å². The highest BCUT2D eigenvalue weighted by Gasteiger charge is 2.35. The Morgan fingerprint density at radius 3 is 2.81 bits per heavy atom. The Labute approximate surface area is 103 Å². The number of nitrogens with two attached hydrogens (primary N) is 1. The fraction of sp³-hybridized carbons (Fsp3) is 0.364. The molecule has 3 N–H and O–H groups in total. The number of rotatable bonds is 5. The zero-order valence-electron chi connectivity index (χ0n) is 8.94. The van der Waals surface area contributed by atoms with Gasteiger partial charge in [0.05, 0.1) is 0 Å². The number of amides is 1. The molecule has 5 heteroatoms. The Morgan fingerprint density at radius 2 is 2.31 bits per heavy atom. The molecular weight excluding hydrogens is 274 g/mol. The molecule has 1 aromatic rings. The molecule has 88 valence electrons. The average molecular weight is 288 g/mol. The van der Waals surface area contributed by atoms with Crippen molar-refractivity contribution in [1.29, 1.82) is 0 Å². The Kier molecular flexibility index (Phi) is 4.46. The van der Waals surface area contributed by atoms with E-state index in [2.05, 4.69) is 15.9 Å². The zero-order chi connectivity index (χ0) is 12.2. The Bertz CT molecular complexity index is 383. The summed E-state index contributed by atoms with van der Waals surface area (Å²) in [5, 5.41) is 10.2. The molecule has 1 rings (SSSR count). The summed E-state index contributed by atoms with van der Waals surface area (Å²) in [6, 6.07) is 6.87. The highest BCUT2D eigenvalue weighted by Crippen LogP contribution is 2.27. The molecule has 0 aliphatic carbocycles. The van der Waals surface area contributed by atoms with Crippen molar-refractivity contribution in [3.05, 3.63) is 34.3 Å². The van der Waals surface area contributed by atoms with Crippen molar-refractivity contribution in [1.82, 2.24) is 0 Å². The molecule has 0 fully saturated rings. The van der Waals surface area contributed by atoms with E-state index in [-0.39, 0.29) is 13.0 Å². The van der Waals surface area contributed by atoms with E-state index >= 15 is 0 Å². The van der Waals surface area contributed by atoms with Gasteiger partial charge in [0, 0.05) is 24.6 Å². The predicted molar refractivity (Wildman–Crippen MR) is 63.7 cm³/mol. The number of hydrogen-bond donors (Lipinski definition) is 2. The van der Waals surface area contributed by atoms with Crippen molar-refractivity contribution in [2.75, 3.05) is 13.7 Å². The molecule has 0 saturated carbocycles. The summed E-state index contributed by atoms with van der Waals surface area (Å²) in [5.41, 5.74) is 4.02. The molecule has 1 amide bonds. The number of halogens is 1. The van der Waals surface area contributed by atoms with E-state index in [9.17, 15) is 9.90 Å². The van der Waals surface area contributed by atoms with Crippen LogP contribution in [-0.4, -0.2) is 24.7 Å². The van der Waals surface area contributed by atoms with Gasteiger partial charge >= 0.3 is 0 Å². The van der Waals surface area contributed by atoms with Crippen molar-refractivity contribution in [2.24, 2.45) is 5.73 Å². The zero-order valence-corrected chi connectivity index (χ0v) is 10.5. The van der Waals surface area contributed by atoms with Crippen LogP contribution in [0, 0.1) is 0 Å². The minimum absolute atomic E-state index is 0.134. The normalized spacial score (nSPS) is 14.4. The van der Waals surface area contributed by atoms with Gasteiger partial charge in [0.1, 0.15) is 0 Å². The second-order valence-corrected chi connectivity index (χ2v) is 4.39. The first-order chi connectivity index (χ1) is 7.50. The number of primary amides is 1. The lowest BCUT2D eigenvalue weighted by Crippen LogP contribution is -2.42. The highest BCUT2D eigenvalue weighted by atomic mass is 79.9. The van der Waals surface area contributed by atoms with Crippen LogP contribution in [0.15, 0.2) is 28.7 Å². The van der Waals surface area contributed by atoms with Crippen molar-refractivity contribution in [3.8, 4) is 0 Å². The van der Waals surface area contributed by atoms with Crippen LogP contribution in [0.5, 0.6) is 0 Å². The fourth-order valence-electron chi connectivity index (χ4n) is 1.41. The van der Waals surface area contributed by atoms with Crippen LogP contribution >= 0.6 is 15.9 Å². The first kappa shape index (κ1) is 13.2. The van der Waals surface area contributed by atoms with E-state index in [1.165, 1.54) is 7.11 Å². The summed E-state index contributed by atoms with van der Waals surface area (Å²) >= 11 is 3.28. The standard InChI is InChI=1S/C11H14BrNO3/c1-16-6-5-11(15,10(13)14)8-3-2-4-9(12)7-8/h2-4,7,15H,5-6H2,1H3,(H2,13,14). The molecule has 0 saturated heterocycles. The molecule has 0 aliphatic rings. The van der Waals surface area contributed by atoms with E-state index in [4.69, 9.17) is 10.5 Å². The van der Waals surface area contributed by atoms with E-state index in [1.54, 1.807) is 24.3 Å². The van der Waals surface area contributed by atoms with Crippen molar-refractivity contribution in [3.63, 3.8) is 0 Å². The molecule has 0 aromatic heterocycles. The third-order valence-electron chi connectivity index (χ3n) is 2.38. The SMILES string of the molecule is COCCC(O)(C(N)=O)c1cccc(Br)c1. The van der Waals surface area contributed by atoms with Crippen LogP contribution in [0.3, 0.4) is 0 Å². The minimum atomic E-state index is -1.68. The summed E-state index contributed by atoms with van der Waals surface area (Å²) in [7, 11) is 1.50. The third kappa shape index (κ3) is 2.81. The molecule has 1 atom stereocenters. The van der Waals surface area contributed by atoms with Crippen molar-refractivity contribution >= 4 is 21.8 Å².